The fraction of sp³-hybridized carbons (Fsp3) is 0.159. The summed E-state index contributed by atoms with van der Waals surface area (Å²) in [5.41, 5.74) is 10.1. The monoisotopic (exact) mass is 699 g/mol. The van der Waals surface area contributed by atoms with Crippen LogP contribution >= 0.6 is 0 Å². The van der Waals surface area contributed by atoms with E-state index < -0.39 is 0 Å². The third-order valence-corrected chi connectivity index (χ3v) is 9.26. The predicted molar refractivity (Wildman–Crippen MR) is 218 cm³/mol. The second-order valence-electron chi connectivity index (χ2n) is 12.8. The van der Waals surface area contributed by atoms with E-state index in [2.05, 4.69) is 83.3 Å². The molecule has 1 unspecified atom stereocenters. The van der Waals surface area contributed by atoms with E-state index in [0.717, 1.165) is 72.9 Å². The van der Waals surface area contributed by atoms with Gasteiger partial charge in [-0.25, -0.2) is 4.79 Å². The van der Waals surface area contributed by atoms with E-state index in [1.165, 1.54) is 0 Å². The maximum absolute atomic E-state index is 12.0. The highest BCUT2D eigenvalue weighted by molar-refractivity contribution is 6.04. The minimum absolute atomic E-state index is 0.328. The molecule has 0 aliphatic rings. The molecule has 0 saturated heterocycles. The minimum Gasteiger partial charge on any atom is -0.462 e. The highest BCUT2D eigenvalue weighted by atomic mass is 16.5. The molecule has 0 bridgehead atoms. The largest absolute Gasteiger partial charge is 0.462 e. The molecule has 264 valence electrons. The molecule has 0 heterocycles. The van der Waals surface area contributed by atoms with Crippen LogP contribution < -0.4 is 15.8 Å². The van der Waals surface area contributed by atoms with Crippen LogP contribution in [-0.4, -0.2) is 25.7 Å². The Morgan fingerprint density at radius 3 is 1.68 bits per heavy atom. The van der Waals surface area contributed by atoms with Crippen molar-refractivity contribution >= 4 is 78.1 Å². The maximum Gasteiger partial charge on any atom is 0.338 e. The van der Waals surface area contributed by atoms with Crippen LogP contribution in [0.5, 0.6) is 0 Å². The Hall–Kier alpha value is -6.61. The summed E-state index contributed by atoms with van der Waals surface area (Å²) in [6.07, 6.45) is 1.04. The van der Waals surface area contributed by atoms with Crippen LogP contribution in [0.2, 0.25) is 0 Å². The summed E-state index contributed by atoms with van der Waals surface area (Å²) < 4.78 is 5.08. The third kappa shape index (κ3) is 7.55. The number of carbonyl (C=O) groups excluding carboxylic acids is 1. The lowest BCUT2D eigenvalue weighted by molar-refractivity contribution is 0.0526. The van der Waals surface area contributed by atoms with E-state index in [9.17, 15) is 4.79 Å². The quantitative estimate of drug-likeness (QED) is 0.0750. The number of esters is 1. The summed E-state index contributed by atoms with van der Waals surface area (Å²) in [7, 11) is 2.01. The van der Waals surface area contributed by atoms with Crippen molar-refractivity contribution < 1.29 is 9.53 Å². The Labute approximate surface area is 309 Å². The number of rotatable bonds is 12. The number of azo groups is 2. The maximum atomic E-state index is 12.0. The Morgan fingerprint density at radius 2 is 1.09 bits per heavy atom. The van der Waals surface area contributed by atoms with E-state index in [0.29, 0.717) is 23.9 Å². The van der Waals surface area contributed by atoms with Gasteiger partial charge in [0.25, 0.3) is 0 Å². The Morgan fingerprint density at radius 1 is 0.604 bits per heavy atom. The number of nitrogens with zero attached hydrogens (tertiary/aromatic N) is 5. The number of nitrogens with one attached hydrogen (secondary N) is 2. The van der Waals surface area contributed by atoms with Crippen molar-refractivity contribution in [2.45, 2.75) is 33.2 Å². The summed E-state index contributed by atoms with van der Waals surface area (Å²) >= 11 is 0. The van der Waals surface area contributed by atoms with Crippen molar-refractivity contribution in [3.63, 3.8) is 0 Å². The average Bonchev–Trinajstić information content (AvgIpc) is 3.20. The molecule has 7 aromatic carbocycles. The van der Waals surface area contributed by atoms with Gasteiger partial charge in [0.05, 0.1) is 46.3 Å². The summed E-state index contributed by atoms with van der Waals surface area (Å²) in [5, 5.41) is 30.4. The van der Waals surface area contributed by atoms with Crippen LogP contribution in [0.3, 0.4) is 0 Å². The molecule has 0 radical (unpaired) electrons. The third-order valence-electron chi connectivity index (χ3n) is 9.26. The van der Waals surface area contributed by atoms with Crippen molar-refractivity contribution in [3.05, 3.63) is 139 Å². The van der Waals surface area contributed by atoms with Gasteiger partial charge in [0.1, 0.15) is 0 Å². The van der Waals surface area contributed by atoms with Crippen LogP contribution in [0.25, 0.3) is 32.3 Å². The van der Waals surface area contributed by atoms with E-state index in [1.54, 1.807) is 31.2 Å². The van der Waals surface area contributed by atoms with Gasteiger partial charge in [-0.05, 0) is 80.9 Å². The molecular formula is C44H41N7O2. The van der Waals surface area contributed by atoms with E-state index in [4.69, 9.17) is 15.0 Å². The Kier molecular flexibility index (Phi) is 10.3. The number of hydrogen-bond donors (Lipinski definition) is 2. The summed E-state index contributed by atoms with van der Waals surface area (Å²) in [4.78, 5) is 12.0. The first-order valence-corrected chi connectivity index (χ1v) is 17.9. The number of benzene rings is 7. The molecule has 53 heavy (non-hydrogen) atoms. The van der Waals surface area contributed by atoms with Crippen molar-refractivity contribution in [1.82, 2.24) is 0 Å². The summed E-state index contributed by atoms with van der Waals surface area (Å²) in [6, 6.07) is 44.1. The van der Waals surface area contributed by atoms with E-state index in [-0.39, 0.29) is 5.97 Å². The standard InChI is InChI=1S/C44H41N7O2/c1-5-29(3)45-38-23-24-40(33-14-8-7-13-32(33)38)48-49-41-27-28-43(37-18-12-11-17-36(37)41)51(4)50-42-26-25-39(34-15-9-10-16-35(34)42)47-46-31-21-19-30(20-22-31)44(52)53-6-2/h7-29,45,50H,5-6H2,1-4H3. The molecule has 1 atom stereocenters. The highest BCUT2D eigenvalue weighted by Crippen LogP contribution is 2.38. The zero-order chi connectivity index (χ0) is 36.7. The van der Waals surface area contributed by atoms with Crippen molar-refractivity contribution in [1.29, 1.82) is 0 Å². The number of anilines is 3. The first kappa shape index (κ1) is 34.8. The molecule has 7 rings (SSSR count). The minimum atomic E-state index is -0.356. The zero-order valence-corrected chi connectivity index (χ0v) is 30.2. The number of ether oxygens (including phenoxy) is 1. The van der Waals surface area contributed by atoms with Crippen LogP contribution in [-0.2, 0) is 4.74 Å². The van der Waals surface area contributed by atoms with Crippen molar-refractivity contribution in [2.75, 3.05) is 29.4 Å². The van der Waals surface area contributed by atoms with Gasteiger partial charge in [0, 0.05) is 51.1 Å². The lowest BCUT2D eigenvalue weighted by Gasteiger charge is -2.24. The van der Waals surface area contributed by atoms with Crippen LogP contribution in [0.4, 0.5) is 39.8 Å². The lowest BCUT2D eigenvalue weighted by atomic mass is 10.1. The number of hydrazine groups is 1. The Bertz CT molecular complexity index is 2480. The molecule has 0 aliphatic heterocycles. The molecule has 0 spiro atoms. The molecule has 0 amide bonds. The van der Waals surface area contributed by atoms with Gasteiger partial charge in [0.15, 0.2) is 0 Å². The molecule has 0 fully saturated rings. The van der Waals surface area contributed by atoms with Gasteiger partial charge in [-0.3, -0.25) is 10.4 Å². The van der Waals surface area contributed by atoms with Gasteiger partial charge in [-0.15, -0.1) is 15.3 Å². The normalized spacial score (nSPS) is 12.2. The molecule has 2 N–H and O–H groups in total. The van der Waals surface area contributed by atoms with Crippen LogP contribution in [0.1, 0.15) is 37.6 Å². The van der Waals surface area contributed by atoms with Crippen molar-refractivity contribution in [2.24, 2.45) is 20.5 Å². The van der Waals surface area contributed by atoms with E-state index >= 15 is 0 Å². The fourth-order valence-electron chi connectivity index (χ4n) is 6.32. The molecule has 9 nitrogen and oxygen atoms in total. The molecular weight excluding hydrogens is 659 g/mol. The fourth-order valence-corrected chi connectivity index (χ4v) is 6.32. The average molecular weight is 700 g/mol. The van der Waals surface area contributed by atoms with Crippen LogP contribution in [0, 0.1) is 0 Å². The smallest absolute Gasteiger partial charge is 0.338 e. The zero-order valence-electron chi connectivity index (χ0n) is 30.2. The SMILES string of the molecule is CCOC(=O)c1ccc(N=Nc2ccc(NN(C)c3ccc(N=Nc4ccc(NC(C)CC)c5ccccc45)c4ccccc34)c3ccccc23)cc1. The topological polar surface area (TPSA) is 103 Å². The van der Waals surface area contributed by atoms with Gasteiger partial charge in [0.2, 0.25) is 0 Å². The number of hydrogen-bond acceptors (Lipinski definition) is 9. The Balaban J connectivity index is 1.14. The second-order valence-corrected chi connectivity index (χ2v) is 12.8. The molecule has 9 heteroatoms. The van der Waals surface area contributed by atoms with Gasteiger partial charge >= 0.3 is 5.97 Å². The second kappa shape index (κ2) is 15.7. The lowest BCUT2D eigenvalue weighted by Crippen LogP contribution is -2.24. The van der Waals surface area contributed by atoms with Crippen LogP contribution in [0.15, 0.2) is 154 Å². The first-order valence-electron chi connectivity index (χ1n) is 17.9. The van der Waals surface area contributed by atoms with Gasteiger partial charge in [-0.2, -0.15) is 5.11 Å². The molecule has 7 aromatic rings. The summed E-state index contributed by atoms with van der Waals surface area (Å²) in [6.45, 7) is 6.48. The van der Waals surface area contributed by atoms with Crippen molar-refractivity contribution in [3.8, 4) is 0 Å². The predicted octanol–water partition coefficient (Wildman–Crippen LogP) is 12.8. The van der Waals surface area contributed by atoms with Gasteiger partial charge < -0.3 is 10.1 Å². The number of carbonyl (C=O) groups is 1. The van der Waals surface area contributed by atoms with E-state index in [1.807, 2.05) is 72.7 Å². The molecule has 0 saturated carbocycles. The first-order chi connectivity index (χ1) is 25.9. The molecule has 0 aliphatic carbocycles. The van der Waals surface area contributed by atoms with Gasteiger partial charge in [-0.1, -0.05) is 79.7 Å². The summed E-state index contributed by atoms with van der Waals surface area (Å²) in [5.74, 6) is -0.356. The number of fused-ring (bicyclic) bond motifs is 3. The molecule has 0 aromatic heterocycles. The highest BCUT2D eigenvalue weighted by Gasteiger charge is 2.13.